The second-order valence-electron chi connectivity index (χ2n) is 5.24. The minimum Gasteiger partial charge on any atom is -0.386 e. The van der Waals surface area contributed by atoms with Gasteiger partial charge in [0, 0.05) is 11.6 Å². The minimum absolute atomic E-state index is 0.127. The van der Waals surface area contributed by atoms with E-state index in [1.165, 1.54) is 0 Å². The Morgan fingerprint density at radius 3 is 2.47 bits per heavy atom. The molecule has 0 saturated carbocycles. The summed E-state index contributed by atoms with van der Waals surface area (Å²) < 4.78 is 5.67. The highest BCUT2D eigenvalue weighted by Gasteiger charge is 2.32. The molecule has 0 spiro atoms. The molecule has 1 aromatic rings. The standard InChI is InChI=1S/C14H21ClO2/c1-5-17-13(14(2,3)4)12(16)10-7-6-8-11(15)9-10/h6-9,12-13,16H,5H2,1-4H3. The predicted molar refractivity (Wildman–Crippen MR) is 71.3 cm³/mol. The van der Waals surface area contributed by atoms with Crippen molar-refractivity contribution in [3.63, 3.8) is 0 Å². The molecule has 0 aliphatic rings. The summed E-state index contributed by atoms with van der Waals surface area (Å²) in [5.41, 5.74) is 0.670. The molecule has 0 heterocycles. The summed E-state index contributed by atoms with van der Waals surface area (Å²) >= 11 is 5.93. The van der Waals surface area contributed by atoms with E-state index in [1.807, 2.05) is 19.1 Å². The summed E-state index contributed by atoms with van der Waals surface area (Å²) in [5, 5.41) is 11.0. The lowest BCUT2D eigenvalue weighted by Gasteiger charge is -2.34. The van der Waals surface area contributed by atoms with Gasteiger partial charge in [-0.15, -0.1) is 0 Å². The van der Waals surface area contributed by atoms with Crippen molar-refractivity contribution < 1.29 is 9.84 Å². The number of benzene rings is 1. The van der Waals surface area contributed by atoms with Crippen LogP contribution in [0.2, 0.25) is 5.02 Å². The van der Waals surface area contributed by atoms with Crippen LogP contribution in [0.3, 0.4) is 0 Å². The Bertz CT molecular complexity index is 357. The first-order valence-corrected chi connectivity index (χ1v) is 6.29. The third kappa shape index (κ3) is 3.98. The number of aliphatic hydroxyl groups is 1. The highest BCUT2D eigenvalue weighted by Crippen LogP contribution is 2.33. The zero-order valence-corrected chi connectivity index (χ0v) is 11.7. The second-order valence-corrected chi connectivity index (χ2v) is 5.68. The van der Waals surface area contributed by atoms with Crippen LogP contribution in [0, 0.1) is 5.41 Å². The average molecular weight is 257 g/mol. The average Bonchev–Trinajstić information content (AvgIpc) is 2.23. The van der Waals surface area contributed by atoms with Crippen LogP contribution in [0.25, 0.3) is 0 Å². The van der Waals surface area contributed by atoms with Gasteiger partial charge >= 0.3 is 0 Å². The molecule has 0 fully saturated rings. The molecule has 2 unspecified atom stereocenters. The molecule has 17 heavy (non-hydrogen) atoms. The molecule has 0 radical (unpaired) electrons. The Hall–Kier alpha value is -0.570. The topological polar surface area (TPSA) is 29.5 Å². The van der Waals surface area contributed by atoms with E-state index in [1.54, 1.807) is 12.1 Å². The van der Waals surface area contributed by atoms with Crippen molar-refractivity contribution in [3.05, 3.63) is 34.9 Å². The summed E-state index contributed by atoms with van der Waals surface area (Å²) in [6, 6.07) is 7.29. The van der Waals surface area contributed by atoms with Gasteiger partial charge in [0.2, 0.25) is 0 Å². The SMILES string of the molecule is CCOC(C(O)c1cccc(Cl)c1)C(C)(C)C. The van der Waals surface area contributed by atoms with Gasteiger partial charge in [-0.1, -0.05) is 44.5 Å². The molecular formula is C14H21ClO2. The molecule has 0 aliphatic carbocycles. The second kappa shape index (κ2) is 5.85. The van der Waals surface area contributed by atoms with E-state index in [0.717, 1.165) is 5.56 Å². The van der Waals surface area contributed by atoms with Gasteiger partial charge < -0.3 is 9.84 Å². The van der Waals surface area contributed by atoms with Crippen LogP contribution in [-0.2, 0) is 4.74 Å². The first-order chi connectivity index (χ1) is 7.86. The van der Waals surface area contributed by atoms with Crippen molar-refractivity contribution in [3.8, 4) is 0 Å². The van der Waals surface area contributed by atoms with E-state index in [4.69, 9.17) is 16.3 Å². The van der Waals surface area contributed by atoms with Crippen LogP contribution in [-0.4, -0.2) is 17.8 Å². The first kappa shape index (κ1) is 14.5. The maximum atomic E-state index is 10.4. The fraction of sp³-hybridized carbons (Fsp3) is 0.571. The Labute approximate surface area is 109 Å². The Balaban J connectivity index is 2.95. The van der Waals surface area contributed by atoms with Gasteiger partial charge in [0.15, 0.2) is 0 Å². The summed E-state index contributed by atoms with van der Waals surface area (Å²) in [6.07, 6.45) is -0.903. The van der Waals surface area contributed by atoms with E-state index in [0.29, 0.717) is 11.6 Å². The van der Waals surface area contributed by atoms with Crippen LogP contribution in [0.5, 0.6) is 0 Å². The molecule has 1 rings (SSSR count). The van der Waals surface area contributed by atoms with Gasteiger partial charge in [-0.2, -0.15) is 0 Å². The van der Waals surface area contributed by atoms with Gasteiger partial charge in [0.05, 0.1) is 6.10 Å². The van der Waals surface area contributed by atoms with E-state index < -0.39 is 6.10 Å². The van der Waals surface area contributed by atoms with Gasteiger partial charge in [0.25, 0.3) is 0 Å². The molecule has 96 valence electrons. The number of ether oxygens (including phenoxy) is 1. The Kier molecular flexibility index (Phi) is 4.99. The number of hydrogen-bond donors (Lipinski definition) is 1. The van der Waals surface area contributed by atoms with Crippen molar-refractivity contribution in [2.24, 2.45) is 5.41 Å². The lowest BCUT2D eigenvalue weighted by molar-refractivity contribution is -0.0898. The third-order valence-electron chi connectivity index (χ3n) is 2.68. The number of rotatable bonds is 4. The van der Waals surface area contributed by atoms with E-state index >= 15 is 0 Å². The van der Waals surface area contributed by atoms with E-state index in [9.17, 15) is 5.11 Å². The van der Waals surface area contributed by atoms with Gasteiger partial charge in [0.1, 0.15) is 6.10 Å². The van der Waals surface area contributed by atoms with Crippen LogP contribution in [0.1, 0.15) is 39.4 Å². The van der Waals surface area contributed by atoms with Crippen molar-refractivity contribution in [1.29, 1.82) is 0 Å². The largest absolute Gasteiger partial charge is 0.386 e. The Morgan fingerprint density at radius 2 is 2.00 bits per heavy atom. The maximum Gasteiger partial charge on any atom is 0.106 e. The maximum absolute atomic E-state index is 10.4. The minimum atomic E-state index is -0.659. The molecule has 0 bridgehead atoms. The highest BCUT2D eigenvalue weighted by molar-refractivity contribution is 6.30. The summed E-state index contributed by atoms with van der Waals surface area (Å²) in [5.74, 6) is 0. The summed E-state index contributed by atoms with van der Waals surface area (Å²) in [7, 11) is 0. The van der Waals surface area contributed by atoms with Crippen LogP contribution < -0.4 is 0 Å². The quantitative estimate of drug-likeness (QED) is 0.887. The number of hydrogen-bond acceptors (Lipinski definition) is 2. The van der Waals surface area contributed by atoms with Gasteiger partial charge in [-0.3, -0.25) is 0 Å². The van der Waals surface area contributed by atoms with Crippen LogP contribution in [0.15, 0.2) is 24.3 Å². The molecule has 0 aromatic heterocycles. The van der Waals surface area contributed by atoms with Crippen molar-refractivity contribution in [2.45, 2.75) is 39.9 Å². The number of halogens is 1. The van der Waals surface area contributed by atoms with Gasteiger partial charge in [-0.05, 0) is 30.0 Å². The highest BCUT2D eigenvalue weighted by atomic mass is 35.5. The van der Waals surface area contributed by atoms with Crippen molar-refractivity contribution in [2.75, 3.05) is 6.61 Å². The zero-order valence-electron chi connectivity index (χ0n) is 10.9. The van der Waals surface area contributed by atoms with Crippen molar-refractivity contribution in [1.82, 2.24) is 0 Å². The smallest absolute Gasteiger partial charge is 0.106 e. The lowest BCUT2D eigenvalue weighted by atomic mass is 9.83. The van der Waals surface area contributed by atoms with E-state index in [-0.39, 0.29) is 11.5 Å². The molecule has 1 N–H and O–H groups in total. The molecule has 0 aliphatic heterocycles. The van der Waals surface area contributed by atoms with Gasteiger partial charge in [-0.25, -0.2) is 0 Å². The fourth-order valence-electron chi connectivity index (χ4n) is 1.86. The van der Waals surface area contributed by atoms with Crippen LogP contribution in [0.4, 0.5) is 0 Å². The monoisotopic (exact) mass is 256 g/mol. The molecule has 2 atom stereocenters. The molecule has 1 aromatic carbocycles. The fourth-order valence-corrected chi connectivity index (χ4v) is 2.06. The number of aliphatic hydroxyl groups excluding tert-OH is 1. The van der Waals surface area contributed by atoms with Crippen molar-refractivity contribution >= 4 is 11.6 Å². The molecule has 3 heteroatoms. The molecular weight excluding hydrogens is 236 g/mol. The molecule has 0 saturated heterocycles. The molecule has 0 amide bonds. The summed E-state index contributed by atoms with van der Waals surface area (Å²) in [6.45, 7) is 8.69. The zero-order chi connectivity index (χ0) is 13.1. The predicted octanol–water partition coefficient (Wildman–Crippen LogP) is 3.82. The summed E-state index contributed by atoms with van der Waals surface area (Å²) in [4.78, 5) is 0. The van der Waals surface area contributed by atoms with E-state index in [2.05, 4.69) is 20.8 Å². The third-order valence-corrected chi connectivity index (χ3v) is 2.91. The lowest BCUT2D eigenvalue weighted by Crippen LogP contribution is -2.35. The normalized spacial score (nSPS) is 15.6. The first-order valence-electron chi connectivity index (χ1n) is 5.91. The van der Waals surface area contributed by atoms with Crippen LogP contribution >= 0.6 is 11.6 Å². The Morgan fingerprint density at radius 1 is 1.35 bits per heavy atom. The molecule has 2 nitrogen and oxygen atoms in total.